The van der Waals surface area contributed by atoms with Crippen LogP contribution < -0.4 is 10.4 Å². The van der Waals surface area contributed by atoms with Crippen molar-refractivity contribution >= 4 is 54.3 Å². The molecule has 0 bridgehead atoms. The molecule has 0 atom stereocenters. The minimum atomic E-state index is 0.0813. The van der Waals surface area contributed by atoms with E-state index >= 15 is 0 Å². The van der Waals surface area contributed by atoms with Gasteiger partial charge in [-0.15, -0.1) is 0 Å². The zero-order valence-electron chi connectivity index (χ0n) is 11.9. The summed E-state index contributed by atoms with van der Waals surface area (Å²) in [5.74, 6) is 0. The van der Waals surface area contributed by atoms with E-state index in [1.807, 2.05) is 0 Å². The summed E-state index contributed by atoms with van der Waals surface area (Å²) in [6.07, 6.45) is 9.01. The third-order valence-corrected chi connectivity index (χ3v) is 6.42. The normalized spacial score (nSPS) is 18.3. The third-order valence-electron chi connectivity index (χ3n) is 4.41. The van der Waals surface area contributed by atoms with Gasteiger partial charge in [0.25, 0.3) is 0 Å². The SMILES string of the molecule is CC1(C)C=CC=C2C=c3c(ccc4ccc(Br)c(Br)c34)=C21. The van der Waals surface area contributed by atoms with Gasteiger partial charge >= 0.3 is 0 Å². The van der Waals surface area contributed by atoms with Crippen LogP contribution in [0.15, 0.2) is 57.0 Å². The van der Waals surface area contributed by atoms with Crippen molar-refractivity contribution in [2.24, 2.45) is 5.41 Å². The average molecular weight is 402 g/mol. The topological polar surface area (TPSA) is 0 Å². The first-order valence-electron chi connectivity index (χ1n) is 7.02. The van der Waals surface area contributed by atoms with Crippen LogP contribution in [-0.4, -0.2) is 0 Å². The molecule has 21 heavy (non-hydrogen) atoms. The van der Waals surface area contributed by atoms with Gasteiger partial charge in [-0.25, -0.2) is 0 Å². The Labute approximate surface area is 140 Å². The number of fused-ring (bicyclic) bond motifs is 4. The van der Waals surface area contributed by atoms with Gasteiger partial charge in [0, 0.05) is 19.7 Å². The van der Waals surface area contributed by atoms with E-state index in [-0.39, 0.29) is 5.41 Å². The molecular weight excluding hydrogens is 388 g/mol. The van der Waals surface area contributed by atoms with Crippen molar-refractivity contribution in [2.45, 2.75) is 13.8 Å². The van der Waals surface area contributed by atoms with E-state index < -0.39 is 0 Å². The Bertz CT molecular complexity index is 973. The van der Waals surface area contributed by atoms with Crippen LogP contribution in [0.3, 0.4) is 0 Å². The molecule has 0 unspecified atom stereocenters. The van der Waals surface area contributed by atoms with Gasteiger partial charge in [-0.05, 0) is 71.0 Å². The number of hydrogen-bond acceptors (Lipinski definition) is 0. The second-order valence-corrected chi connectivity index (χ2v) is 7.86. The maximum Gasteiger partial charge on any atom is 0.0402 e. The zero-order chi connectivity index (χ0) is 14.8. The summed E-state index contributed by atoms with van der Waals surface area (Å²) in [7, 11) is 0. The van der Waals surface area contributed by atoms with Crippen molar-refractivity contribution in [3.63, 3.8) is 0 Å². The van der Waals surface area contributed by atoms with Gasteiger partial charge in [0.05, 0.1) is 0 Å². The van der Waals surface area contributed by atoms with E-state index in [0.717, 1.165) is 8.95 Å². The lowest BCUT2D eigenvalue weighted by molar-refractivity contribution is 0.644. The van der Waals surface area contributed by atoms with Gasteiger partial charge in [0.15, 0.2) is 0 Å². The summed E-state index contributed by atoms with van der Waals surface area (Å²) in [4.78, 5) is 0. The predicted molar refractivity (Wildman–Crippen MR) is 97.5 cm³/mol. The Balaban J connectivity index is 2.26. The molecule has 0 radical (unpaired) electrons. The molecule has 2 aromatic rings. The Morgan fingerprint density at radius 1 is 1.00 bits per heavy atom. The van der Waals surface area contributed by atoms with Crippen molar-refractivity contribution in [1.82, 2.24) is 0 Å². The second-order valence-electron chi connectivity index (χ2n) is 6.21. The van der Waals surface area contributed by atoms with Crippen molar-refractivity contribution in [2.75, 3.05) is 0 Å². The molecule has 0 saturated heterocycles. The molecule has 2 aliphatic rings. The number of rotatable bonds is 0. The molecule has 2 heteroatoms. The lowest BCUT2D eigenvalue weighted by Crippen LogP contribution is -2.28. The summed E-state index contributed by atoms with van der Waals surface area (Å²) in [5.41, 5.74) is 2.86. The molecule has 2 aliphatic carbocycles. The summed E-state index contributed by atoms with van der Waals surface area (Å²) < 4.78 is 2.24. The van der Waals surface area contributed by atoms with Gasteiger partial charge in [0.1, 0.15) is 0 Å². The number of allylic oxidation sites excluding steroid dienone is 4. The summed E-state index contributed by atoms with van der Waals surface area (Å²) >= 11 is 7.38. The summed E-state index contributed by atoms with van der Waals surface area (Å²) in [6, 6.07) is 8.76. The van der Waals surface area contributed by atoms with Crippen molar-refractivity contribution in [3.8, 4) is 0 Å². The molecule has 104 valence electrons. The van der Waals surface area contributed by atoms with E-state index in [1.165, 1.54) is 32.4 Å². The fourth-order valence-corrected chi connectivity index (χ4v) is 4.36. The van der Waals surface area contributed by atoms with Gasteiger partial charge < -0.3 is 0 Å². The fourth-order valence-electron chi connectivity index (χ4n) is 3.45. The van der Waals surface area contributed by atoms with Crippen LogP contribution in [0, 0.1) is 5.41 Å². The third kappa shape index (κ3) is 1.85. The van der Waals surface area contributed by atoms with E-state index in [2.05, 4.69) is 94.3 Å². The summed E-state index contributed by atoms with van der Waals surface area (Å²) in [5, 5.41) is 5.26. The van der Waals surface area contributed by atoms with E-state index in [4.69, 9.17) is 0 Å². The first-order valence-corrected chi connectivity index (χ1v) is 8.61. The van der Waals surface area contributed by atoms with Crippen molar-refractivity contribution in [3.05, 3.63) is 67.4 Å². The molecule has 0 saturated carbocycles. The smallest absolute Gasteiger partial charge is 0.0402 e. The Hall–Kier alpha value is -1.12. The van der Waals surface area contributed by atoms with E-state index in [0.29, 0.717) is 0 Å². The van der Waals surface area contributed by atoms with Gasteiger partial charge in [0.2, 0.25) is 0 Å². The van der Waals surface area contributed by atoms with Gasteiger partial charge in [-0.3, -0.25) is 0 Å². The minimum Gasteiger partial charge on any atom is -0.0744 e. The molecule has 0 nitrogen and oxygen atoms in total. The van der Waals surface area contributed by atoms with Crippen LogP contribution in [0.1, 0.15) is 13.8 Å². The first-order chi connectivity index (χ1) is 9.99. The molecule has 0 amide bonds. The van der Waals surface area contributed by atoms with Crippen molar-refractivity contribution in [1.29, 1.82) is 0 Å². The number of benzene rings is 2. The predicted octanol–water partition coefficient (Wildman–Crippen LogP) is 4.83. The van der Waals surface area contributed by atoms with Crippen LogP contribution in [0.5, 0.6) is 0 Å². The lowest BCUT2D eigenvalue weighted by atomic mass is 9.77. The lowest BCUT2D eigenvalue weighted by Gasteiger charge is -2.26. The highest BCUT2D eigenvalue weighted by molar-refractivity contribution is 9.13. The maximum absolute atomic E-state index is 3.75. The first kappa shape index (κ1) is 13.5. The van der Waals surface area contributed by atoms with Crippen LogP contribution in [0.25, 0.3) is 22.4 Å². The fraction of sp³-hybridized carbons (Fsp3) is 0.158. The van der Waals surface area contributed by atoms with Gasteiger partial charge in [-0.1, -0.05) is 50.3 Å². The monoisotopic (exact) mass is 400 g/mol. The zero-order valence-corrected chi connectivity index (χ0v) is 15.0. The highest BCUT2D eigenvalue weighted by Crippen LogP contribution is 2.39. The van der Waals surface area contributed by atoms with Crippen LogP contribution >= 0.6 is 31.9 Å². The molecule has 0 heterocycles. The van der Waals surface area contributed by atoms with E-state index in [9.17, 15) is 0 Å². The van der Waals surface area contributed by atoms with Crippen LogP contribution in [0.4, 0.5) is 0 Å². The highest BCUT2D eigenvalue weighted by Gasteiger charge is 2.28. The van der Waals surface area contributed by atoms with Gasteiger partial charge in [-0.2, -0.15) is 0 Å². The number of halogens is 2. The summed E-state index contributed by atoms with van der Waals surface area (Å²) in [6.45, 7) is 4.57. The number of hydrogen-bond donors (Lipinski definition) is 0. The van der Waals surface area contributed by atoms with Crippen LogP contribution in [0.2, 0.25) is 0 Å². The molecule has 4 rings (SSSR count). The minimum absolute atomic E-state index is 0.0813. The molecule has 0 aromatic heterocycles. The maximum atomic E-state index is 3.75. The molecule has 0 fully saturated rings. The Morgan fingerprint density at radius 2 is 1.76 bits per heavy atom. The quantitative estimate of drug-likeness (QED) is 0.592. The molecular formula is C19H14Br2. The Kier molecular flexibility index (Phi) is 2.86. The molecule has 2 aromatic carbocycles. The second kappa shape index (κ2) is 4.44. The Morgan fingerprint density at radius 3 is 2.57 bits per heavy atom. The highest BCUT2D eigenvalue weighted by atomic mass is 79.9. The molecule has 0 aliphatic heterocycles. The van der Waals surface area contributed by atoms with Crippen LogP contribution in [-0.2, 0) is 0 Å². The van der Waals surface area contributed by atoms with E-state index in [1.54, 1.807) is 0 Å². The molecule has 0 spiro atoms. The average Bonchev–Trinajstić information content (AvgIpc) is 2.82. The largest absolute Gasteiger partial charge is 0.0744 e. The molecule has 0 N–H and O–H groups in total. The van der Waals surface area contributed by atoms with Crippen molar-refractivity contribution < 1.29 is 0 Å². The standard InChI is InChI=1S/C19H14Br2/c1-19(2)9-3-4-12-10-14-13(17(12)19)7-5-11-6-8-15(20)18(21)16(11)14/h3-10H,1-2H3.